The fourth-order valence-corrected chi connectivity index (χ4v) is 3.98. The third-order valence-corrected chi connectivity index (χ3v) is 5.25. The van der Waals surface area contributed by atoms with Gasteiger partial charge in [0.2, 0.25) is 0 Å². The SMILES string of the molecule is C[C](C1CCCCCCC1)C1CCCCCC1. The fraction of sp³-hybridized carbons (Fsp3) is 0.941. The number of rotatable bonds is 2. The summed E-state index contributed by atoms with van der Waals surface area (Å²) in [6, 6.07) is 0. The topological polar surface area (TPSA) is 0 Å². The minimum atomic E-state index is 0.985. The highest BCUT2D eigenvalue weighted by Gasteiger charge is 2.26. The average molecular weight is 235 g/mol. The first-order chi connectivity index (χ1) is 8.38. The highest BCUT2D eigenvalue weighted by molar-refractivity contribution is 4.98. The van der Waals surface area contributed by atoms with Crippen molar-refractivity contribution in [3.8, 4) is 0 Å². The van der Waals surface area contributed by atoms with E-state index >= 15 is 0 Å². The molecule has 0 unspecified atom stereocenters. The van der Waals surface area contributed by atoms with E-state index in [1.54, 1.807) is 0 Å². The lowest BCUT2D eigenvalue weighted by Crippen LogP contribution is -2.20. The van der Waals surface area contributed by atoms with Crippen molar-refractivity contribution in [2.75, 3.05) is 0 Å². The molecule has 0 heterocycles. The molecule has 2 aliphatic rings. The molecule has 0 aromatic carbocycles. The molecule has 2 aliphatic carbocycles. The van der Waals surface area contributed by atoms with Crippen molar-refractivity contribution in [2.24, 2.45) is 11.8 Å². The molecule has 17 heavy (non-hydrogen) atoms. The van der Waals surface area contributed by atoms with Crippen molar-refractivity contribution in [2.45, 2.75) is 90.4 Å². The Labute approximate surface area is 109 Å². The Morgan fingerprint density at radius 2 is 0.824 bits per heavy atom. The highest BCUT2D eigenvalue weighted by atomic mass is 14.3. The predicted octanol–water partition coefficient (Wildman–Crippen LogP) is 5.91. The molecule has 0 heteroatoms. The molecule has 0 aromatic rings. The van der Waals surface area contributed by atoms with Crippen LogP contribution in [0.25, 0.3) is 0 Å². The smallest absolute Gasteiger partial charge is 0.0210 e. The molecule has 2 fully saturated rings. The van der Waals surface area contributed by atoms with E-state index in [9.17, 15) is 0 Å². The molecule has 0 aromatic heterocycles. The lowest BCUT2D eigenvalue weighted by Gasteiger charge is -2.31. The molecule has 2 saturated carbocycles. The quantitative estimate of drug-likeness (QED) is 0.522. The largest absolute Gasteiger partial charge is 0.0586 e. The fourth-order valence-electron chi connectivity index (χ4n) is 3.98. The molecule has 99 valence electrons. The van der Waals surface area contributed by atoms with Gasteiger partial charge in [-0.25, -0.2) is 0 Å². The summed E-state index contributed by atoms with van der Waals surface area (Å²) < 4.78 is 0. The van der Waals surface area contributed by atoms with E-state index in [-0.39, 0.29) is 0 Å². The minimum Gasteiger partial charge on any atom is -0.0586 e. The average Bonchev–Trinajstić information content (AvgIpc) is 2.56. The second-order valence-electron chi connectivity index (χ2n) is 6.47. The molecule has 2 rings (SSSR count). The molecule has 0 bridgehead atoms. The van der Waals surface area contributed by atoms with Gasteiger partial charge in [0.25, 0.3) is 0 Å². The van der Waals surface area contributed by atoms with Crippen molar-refractivity contribution in [1.82, 2.24) is 0 Å². The van der Waals surface area contributed by atoms with Gasteiger partial charge < -0.3 is 0 Å². The van der Waals surface area contributed by atoms with Crippen LogP contribution in [0, 0.1) is 17.8 Å². The zero-order chi connectivity index (χ0) is 11.9. The summed E-state index contributed by atoms with van der Waals surface area (Å²) in [5, 5.41) is 0. The van der Waals surface area contributed by atoms with Gasteiger partial charge in [-0.05, 0) is 43.4 Å². The number of hydrogen-bond acceptors (Lipinski definition) is 0. The van der Waals surface area contributed by atoms with E-state index in [0.717, 1.165) is 11.8 Å². The van der Waals surface area contributed by atoms with Crippen LogP contribution in [0.5, 0.6) is 0 Å². The van der Waals surface area contributed by atoms with Gasteiger partial charge in [-0.2, -0.15) is 0 Å². The summed E-state index contributed by atoms with van der Waals surface area (Å²) in [7, 11) is 0. The van der Waals surface area contributed by atoms with Crippen LogP contribution in [0.1, 0.15) is 90.4 Å². The Morgan fingerprint density at radius 3 is 1.18 bits per heavy atom. The van der Waals surface area contributed by atoms with Crippen LogP contribution in [0.2, 0.25) is 0 Å². The van der Waals surface area contributed by atoms with Gasteiger partial charge in [-0.1, -0.05) is 64.7 Å². The molecule has 0 spiro atoms. The Hall–Kier alpha value is 0. The van der Waals surface area contributed by atoms with Gasteiger partial charge in [0.1, 0.15) is 0 Å². The second kappa shape index (κ2) is 7.44. The first-order valence-electron chi connectivity index (χ1n) is 8.21. The third kappa shape index (κ3) is 4.30. The molecule has 0 nitrogen and oxygen atoms in total. The van der Waals surface area contributed by atoms with Crippen molar-refractivity contribution in [3.63, 3.8) is 0 Å². The third-order valence-electron chi connectivity index (χ3n) is 5.25. The molecule has 0 atom stereocenters. The summed E-state index contributed by atoms with van der Waals surface area (Å²) in [6.07, 6.45) is 19.5. The second-order valence-corrected chi connectivity index (χ2v) is 6.47. The van der Waals surface area contributed by atoms with Crippen LogP contribution < -0.4 is 0 Å². The molecule has 1 radical (unpaired) electrons. The molecular formula is C17H31. The van der Waals surface area contributed by atoms with E-state index in [2.05, 4.69) is 6.92 Å². The molecule has 0 saturated heterocycles. The maximum atomic E-state index is 2.50. The summed E-state index contributed by atoms with van der Waals surface area (Å²) in [5.41, 5.74) is 0. The van der Waals surface area contributed by atoms with Crippen LogP contribution >= 0.6 is 0 Å². The van der Waals surface area contributed by atoms with Crippen LogP contribution in [0.4, 0.5) is 0 Å². The zero-order valence-corrected chi connectivity index (χ0v) is 11.8. The van der Waals surface area contributed by atoms with Crippen molar-refractivity contribution in [3.05, 3.63) is 5.92 Å². The van der Waals surface area contributed by atoms with Crippen LogP contribution in [-0.4, -0.2) is 0 Å². The van der Waals surface area contributed by atoms with Gasteiger partial charge in [-0.3, -0.25) is 0 Å². The maximum Gasteiger partial charge on any atom is -0.0210 e. The molecule has 0 N–H and O–H groups in total. The standard InChI is InChI=1S/C17H31/c1-15(17-13-9-5-6-10-14-17)16-11-7-3-2-4-8-12-16/h16-17H,2-14H2,1H3. The normalized spacial score (nSPS) is 26.5. The zero-order valence-electron chi connectivity index (χ0n) is 11.8. The summed E-state index contributed by atoms with van der Waals surface area (Å²) >= 11 is 0. The Balaban J connectivity index is 1.84. The van der Waals surface area contributed by atoms with E-state index in [0.29, 0.717) is 0 Å². The van der Waals surface area contributed by atoms with E-state index < -0.39 is 0 Å². The van der Waals surface area contributed by atoms with Crippen molar-refractivity contribution in [1.29, 1.82) is 0 Å². The van der Waals surface area contributed by atoms with Gasteiger partial charge >= 0.3 is 0 Å². The van der Waals surface area contributed by atoms with Gasteiger partial charge in [0.15, 0.2) is 0 Å². The first kappa shape index (κ1) is 13.4. The number of hydrogen-bond donors (Lipinski definition) is 0. The van der Waals surface area contributed by atoms with E-state index in [1.165, 1.54) is 83.5 Å². The van der Waals surface area contributed by atoms with Crippen LogP contribution in [-0.2, 0) is 0 Å². The van der Waals surface area contributed by atoms with Crippen LogP contribution in [0.3, 0.4) is 0 Å². The Kier molecular flexibility index (Phi) is 5.88. The molecular weight excluding hydrogens is 204 g/mol. The van der Waals surface area contributed by atoms with Gasteiger partial charge in [-0.15, -0.1) is 0 Å². The lowest BCUT2D eigenvalue weighted by atomic mass is 9.74. The molecule has 0 amide bonds. The van der Waals surface area contributed by atoms with Crippen molar-refractivity contribution >= 4 is 0 Å². The van der Waals surface area contributed by atoms with Crippen LogP contribution in [0.15, 0.2) is 0 Å². The Morgan fingerprint density at radius 1 is 0.529 bits per heavy atom. The Bertz CT molecular complexity index is 180. The maximum absolute atomic E-state index is 2.50. The monoisotopic (exact) mass is 235 g/mol. The minimum absolute atomic E-state index is 0.985. The summed E-state index contributed by atoms with van der Waals surface area (Å²) in [4.78, 5) is 0. The van der Waals surface area contributed by atoms with Crippen molar-refractivity contribution < 1.29 is 0 Å². The van der Waals surface area contributed by atoms with Gasteiger partial charge in [0.05, 0.1) is 0 Å². The highest BCUT2D eigenvalue weighted by Crippen LogP contribution is 2.39. The van der Waals surface area contributed by atoms with Gasteiger partial charge in [0, 0.05) is 0 Å². The predicted molar refractivity (Wildman–Crippen MR) is 75.9 cm³/mol. The molecule has 0 aliphatic heterocycles. The summed E-state index contributed by atoms with van der Waals surface area (Å²) in [6.45, 7) is 2.50. The lowest BCUT2D eigenvalue weighted by molar-refractivity contribution is 0.323. The first-order valence-corrected chi connectivity index (χ1v) is 8.21. The van der Waals surface area contributed by atoms with E-state index in [1.807, 2.05) is 5.92 Å². The van der Waals surface area contributed by atoms with E-state index in [4.69, 9.17) is 0 Å². The summed E-state index contributed by atoms with van der Waals surface area (Å²) in [5.74, 6) is 3.87.